The quantitative estimate of drug-likeness (QED) is 0.164. The van der Waals surface area contributed by atoms with Gasteiger partial charge in [-0.3, -0.25) is 14.4 Å². The number of carbonyl (C=O) groups is 3. The first kappa shape index (κ1) is 25.5. The van der Waals surface area contributed by atoms with Gasteiger partial charge in [-0.1, -0.05) is 4.98 Å². The smallest absolute Gasteiger partial charge is 0.390 e. The molecule has 3 N–H and O–H groups in total. The van der Waals surface area contributed by atoms with E-state index >= 15 is 0 Å². The Hall–Kier alpha value is -2.50. The molecule has 0 spiro atoms. The number of imidazole rings is 1. The van der Waals surface area contributed by atoms with Crippen molar-refractivity contribution in [3.8, 4) is 0 Å². The molecular formula is C19H31N5O6. The Kier molecular flexibility index (Phi) is 8.94. The molecule has 1 heterocycles. The molecule has 1 rings (SSSR count). The van der Waals surface area contributed by atoms with Crippen molar-refractivity contribution in [1.82, 2.24) is 20.2 Å². The van der Waals surface area contributed by atoms with Crippen LogP contribution < -0.4 is 10.6 Å². The first-order chi connectivity index (χ1) is 13.8. The molecule has 0 bridgehead atoms. The molecule has 2 atom stereocenters. The normalized spacial score (nSPS) is 14.2. The molecule has 0 fully saturated rings. The minimum atomic E-state index is -1.08. The van der Waals surface area contributed by atoms with E-state index in [1.807, 2.05) is 0 Å². The van der Waals surface area contributed by atoms with E-state index in [1.165, 1.54) is 23.9 Å². The molecule has 0 aliphatic rings. The third-order valence-electron chi connectivity index (χ3n) is 5.14. The van der Waals surface area contributed by atoms with Gasteiger partial charge in [0.2, 0.25) is 5.78 Å². The van der Waals surface area contributed by atoms with Gasteiger partial charge in [0.15, 0.2) is 6.29 Å². The molecule has 0 saturated heterocycles. The summed E-state index contributed by atoms with van der Waals surface area (Å²) in [5.41, 5.74) is -1.86. The fourth-order valence-corrected chi connectivity index (χ4v) is 2.70. The zero-order valence-electron chi connectivity index (χ0n) is 18.0. The number of nitrogens with one attached hydrogen (secondary N) is 2. The average Bonchev–Trinajstić information content (AvgIpc) is 3.11. The lowest BCUT2D eigenvalue weighted by Crippen LogP contribution is -2.52. The molecule has 0 aliphatic heterocycles. The van der Waals surface area contributed by atoms with Crippen LogP contribution in [0.1, 0.15) is 41.0 Å². The number of nitro groups is 1. The Labute approximate surface area is 175 Å². The Morgan fingerprint density at radius 1 is 1.27 bits per heavy atom. The van der Waals surface area contributed by atoms with E-state index in [0.717, 1.165) is 0 Å². The number of aromatic nitrogens is 2. The van der Waals surface area contributed by atoms with Crippen molar-refractivity contribution in [2.45, 2.75) is 64.8 Å². The predicted molar refractivity (Wildman–Crippen MR) is 109 cm³/mol. The van der Waals surface area contributed by atoms with Crippen molar-refractivity contribution in [2.75, 3.05) is 13.1 Å². The third kappa shape index (κ3) is 7.39. The average molecular weight is 425 g/mol. The summed E-state index contributed by atoms with van der Waals surface area (Å²) < 4.78 is 1.25. The lowest BCUT2D eigenvalue weighted by molar-refractivity contribution is -0.397. The lowest BCUT2D eigenvalue weighted by Gasteiger charge is -2.30. The Morgan fingerprint density at radius 3 is 2.33 bits per heavy atom. The summed E-state index contributed by atoms with van der Waals surface area (Å²) in [6, 6.07) is 0. The third-order valence-corrected chi connectivity index (χ3v) is 5.14. The molecule has 2 unspecified atom stereocenters. The molecule has 0 aliphatic carbocycles. The molecule has 30 heavy (non-hydrogen) atoms. The van der Waals surface area contributed by atoms with Crippen LogP contribution in [0.2, 0.25) is 0 Å². The maximum absolute atomic E-state index is 11.8. The topological polar surface area (TPSA) is 156 Å². The monoisotopic (exact) mass is 425 g/mol. The number of aliphatic hydroxyl groups excluding tert-OH is 1. The van der Waals surface area contributed by atoms with Crippen molar-refractivity contribution in [3.63, 3.8) is 0 Å². The molecule has 168 valence electrons. The van der Waals surface area contributed by atoms with Crippen LogP contribution in [0.3, 0.4) is 0 Å². The van der Waals surface area contributed by atoms with Crippen LogP contribution in [0.25, 0.3) is 0 Å². The van der Waals surface area contributed by atoms with Gasteiger partial charge >= 0.3 is 5.95 Å². The van der Waals surface area contributed by atoms with E-state index < -0.39 is 27.9 Å². The highest BCUT2D eigenvalue weighted by Gasteiger charge is 2.30. The molecule has 0 amide bonds. The molecule has 11 nitrogen and oxygen atoms in total. The lowest BCUT2D eigenvalue weighted by atomic mass is 9.94. The molecule has 11 heteroatoms. The molecule has 1 aromatic heterocycles. The van der Waals surface area contributed by atoms with Gasteiger partial charge in [0.25, 0.3) is 0 Å². The van der Waals surface area contributed by atoms with E-state index in [-0.39, 0.29) is 43.4 Å². The van der Waals surface area contributed by atoms with Crippen LogP contribution in [-0.2, 0) is 20.9 Å². The number of aldehydes is 1. The highest BCUT2D eigenvalue weighted by molar-refractivity contribution is 6.29. The zero-order chi connectivity index (χ0) is 23.1. The van der Waals surface area contributed by atoms with E-state index in [4.69, 9.17) is 0 Å². The number of nitrogens with zero attached hydrogens (tertiary/aromatic N) is 3. The largest absolute Gasteiger partial charge is 0.434 e. The van der Waals surface area contributed by atoms with Crippen LogP contribution in [-0.4, -0.2) is 67.7 Å². The number of hydrogen-bond donors (Lipinski definition) is 3. The zero-order valence-corrected chi connectivity index (χ0v) is 18.0. The van der Waals surface area contributed by atoms with E-state index in [0.29, 0.717) is 6.54 Å². The van der Waals surface area contributed by atoms with Crippen molar-refractivity contribution in [3.05, 3.63) is 22.5 Å². The summed E-state index contributed by atoms with van der Waals surface area (Å²) in [4.78, 5) is 48.4. The first-order valence-electron chi connectivity index (χ1n) is 9.64. The summed E-state index contributed by atoms with van der Waals surface area (Å²) in [7, 11) is 0. The molecule has 1 aromatic rings. The maximum atomic E-state index is 11.8. The number of hydrogen-bond acceptors (Lipinski definition) is 9. The number of carbonyl (C=O) groups excluding carboxylic acids is 3. The van der Waals surface area contributed by atoms with Crippen LogP contribution in [0.5, 0.6) is 0 Å². The second-order valence-corrected chi connectivity index (χ2v) is 8.44. The Balaban J connectivity index is 2.86. The van der Waals surface area contributed by atoms with E-state index in [1.54, 1.807) is 27.7 Å². The van der Waals surface area contributed by atoms with Gasteiger partial charge in [-0.15, -0.1) is 0 Å². The van der Waals surface area contributed by atoms with E-state index in [2.05, 4.69) is 15.6 Å². The Bertz CT molecular complexity index is 773. The van der Waals surface area contributed by atoms with Crippen LogP contribution in [0.15, 0.2) is 12.4 Å². The highest BCUT2D eigenvalue weighted by Crippen LogP contribution is 2.15. The Morgan fingerprint density at radius 2 is 1.83 bits per heavy atom. The second kappa shape index (κ2) is 10.5. The summed E-state index contributed by atoms with van der Waals surface area (Å²) in [5, 5.41) is 27.7. The summed E-state index contributed by atoms with van der Waals surface area (Å²) in [6.07, 6.45) is 2.25. The fraction of sp³-hybridized carbons (Fsp3) is 0.684. The van der Waals surface area contributed by atoms with Gasteiger partial charge in [0.1, 0.15) is 18.2 Å². The molecule has 0 aromatic carbocycles. The minimum Gasteiger partial charge on any atom is -0.390 e. The van der Waals surface area contributed by atoms with E-state index in [9.17, 15) is 29.6 Å². The van der Waals surface area contributed by atoms with Crippen LogP contribution >= 0.6 is 0 Å². The van der Waals surface area contributed by atoms with Gasteiger partial charge in [0, 0.05) is 13.1 Å². The van der Waals surface area contributed by atoms with Crippen molar-refractivity contribution in [2.24, 2.45) is 5.92 Å². The van der Waals surface area contributed by atoms with Gasteiger partial charge in [0.05, 0.1) is 23.7 Å². The van der Waals surface area contributed by atoms with Gasteiger partial charge in [-0.2, -0.15) is 0 Å². The van der Waals surface area contributed by atoms with Crippen LogP contribution in [0, 0.1) is 16.0 Å². The standard InChI is InChI=1S/C19H31N5O6/c1-13(26)18(2,3)21-9-14(10-22-19(4,5)16(28)12-25)8-15(27)11-23-7-6-20-17(23)24(29)30/h6-7,12,14-15,21-22,27H,8-11H2,1-5H3. The number of aliphatic hydroxyl groups is 1. The molecular weight excluding hydrogens is 394 g/mol. The summed E-state index contributed by atoms with van der Waals surface area (Å²) >= 11 is 0. The minimum absolute atomic E-state index is 0.0282. The van der Waals surface area contributed by atoms with Gasteiger partial charge in [-0.25, -0.2) is 4.57 Å². The van der Waals surface area contributed by atoms with Crippen molar-refractivity contribution in [1.29, 1.82) is 0 Å². The first-order valence-corrected chi connectivity index (χ1v) is 9.64. The molecule has 0 radical (unpaired) electrons. The molecule has 0 saturated carbocycles. The summed E-state index contributed by atoms with van der Waals surface area (Å²) in [5.74, 6) is -1.26. The number of Topliss-reactive ketones (excluding diaryl/α,β-unsaturated/α-hetero) is 2. The fourth-order valence-electron chi connectivity index (χ4n) is 2.70. The van der Waals surface area contributed by atoms with Gasteiger partial charge in [-0.05, 0) is 51.9 Å². The SMILES string of the molecule is CC(=O)C(C)(C)NCC(CNC(C)(C)C(=O)C=O)CC(O)Cn1ccnc1[N+](=O)[O-]. The van der Waals surface area contributed by atoms with Crippen LogP contribution in [0.4, 0.5) is 5.95 Å². The number of rotatable bonds is 14. The maximum Gasteiger partial charge on any atom is 0.434 e. The van der Waals surface area contributed by atoms with Gasteiger partial charge < -0.3 is 25.9 Å². The highest BCUT2D eigenvalue weighted by atomic mass is 16.6. The number of ketones is 2. The van der Waals surface area contributed by atoms with Crippen molar-refractivity contribution < 1.29 is 24.4 Å². The summed E-state index contributed by atoms with van der Waals surface area (Å²) in [6.45, 7) is 8.71. The predicted octanol–water partition coefficient (Wildman–Crippen LogP) is 0.252. The second-order valence-electron chi connectivity index (χ2n) is 8.44. The van der Waals surface area contributed by atoms with Crippen molar-refractivity contribution >= 4 is 23.8 Å².